The largest absolute Gasteiger partial charge is 0.410 e. The van der Waals surface area contributed by atoms with Crippen LogP contribution in [0.3, 0.4) is 0 Å². The molecule has 0 aromatic carbocycles. The topological polar surface area (TPSA) is 52.1 Å². The van der Waals surface area contributed by atoms with E-state index in [4.69, 9.17) is 16.3 Å². The minimum Gasteiger partial charge on any atom is -0.393 e. The van der Waals surface area contributed by atoms with E-state index in [0.29, 0.717) is 5.69 Å². The van der Waals surface area contributed by atoms with E-state index >= 15 is 0 Å². The fourth-order valence-electron chi connectivity index (χ4n) is 1.22. The van der Waals surface area contributed by atoms with Gasteiger partial charge in [-0.25, -0.2) is 9.78 Å². The van der Waals surface area contributed by atoms with Crippen LogP contribution in [0.1, 0.15) is 50.9 Å². The quantitative estimate of drug-likeness (QED) is 0.762. The third-order valence-corrected chi connectivity index (χ3v) is 2.18. The first kappa shape index (κ1) is 12.9. The molecule has 0 bridgehead atoms. The Morgan fingerprint density at radius 1 is 1.31 bits per heavy atom. The molecule has 0 aliphatic heterocycles. The highest BCUT2D eigenvalue weighted by Gasteiger charge is 2.15. The Labute approximate surface area is 100 Å². The van der Waals surface area contributed by atoms with E-state index in [-0.39, 0.29) is 17.7 Å². The number of hydrogen-bond acceptors (Lipinski definition) is 4. The monoisotopic (exact) mass is 242 g/mol. The first-order chi connectivity index (χ1) is 7.41. The molecule has 4 nitrogen and oxygen atoms in total. The van der Waals surface area contributed by atoms with Gasteiger partial charge in [0, 0.05) is 23.7 Å². The average Bonchev–Trinajstić information content (AvgIpc) is 2.15. The predicted octanol–water partition coefficient (Wildman–Crippen LogP) is 3.46. The van der Waals surface area contributed by atoms with E-state index in [2.05, 4.69) is 9.97 Å². The second kappa shape index (κ2) is 5.25. The van der Waals surface area contributed by atoms with Crippen molar-refractivity contribution in [2.75, 3.05) is 0 Å². The highest BCUT2D eigenvalue weighted by molar-refractivity contribution is 6.61. The Kier molecular flexibility index (Phi) is 4.24. The summed E-state index contributed by atoms with van der Waals surface area (Å²) >= 11 is 5.19. The van der Waals surface area contributed by atoms with Gasteiger partial charge in [0.05, 0.1) is 5.69 Å². The van der Waals surface area contributed by atoms with Crippen molar-refractivity contribution in [3.05, 3.63) is 17.6 Å². The van der Waals surface area contributed by atoms with E-state index in [1.54, 1.807) is 6.20 Å². The zero-order chi connectivity index (χ0) is 12.3. The lowest BCUT2D eigenvalue weighted by molar-refractivity contribution is 0.223. The summed E-state index contributed by atoms with van der Waals surface area (Å²) < 4.78 is 4.85. The zero-order valence-electron chi connectivity index (χ0n) is 9.82. The van der Waals surface area contributed by atoms with Crippen molar-refractivity contribution in [1.29, 1.82) is 0 Å². The molecule has 0 amide bonds. The van der Waals surface area contributed by atoms with Gasteiger partial charge in [0.2, 0.25) is 5.88 Å². The van der Waals surface area contributed by atoms with Crippen molar-refractivity contribution in [3.8, 4) is 5.88 Å². The summed E-state index contributed by atoms with van der Waals surface area (Å²) in [5.74, 6) is 0.558. The Morgan fingerprint density at radius 2 is 1.94 bits per heavy atom. The molecule has 0 saturated heterocycles. The molecule has 0 radical (unpaired) electrons. The number of carbonyl (C=O) groups excluding carboxylic acids is 1. The lowest BCUT2D eigenvalue weighted by atomic mass is 10.1. The standard InChI is InChI=1S/C11H15ClN2O2/c1-6(2)8-5-13-9(7(3)4)10(14-8)16-11(12)15/h5-7H,1-4H3. The molecule has 0 aliphatic carbocycles. The Balaban J connectivity index is 3.15. The molecule has 0 fully saturated rings. The third-order valence-electron chi connectivity index (χ3n) is 2.10. The van der Waals surface area contributed by atoms with Crippen LogP contribution in [-0.2, 0) is 0 Å². The molecule has 0 unspecified atom stereocenters. The van der Waals surface area contributed by atoms with Gasteiger partial charge in [-0.1, -0.05) is 27.7 Å². The number of ether oxygens (including phenoxy) is 1. The van der Waals surface area contributed by atoms with Gasteiger partial charge >= 0.3 is 5.43 Å². The maximum absolute atomic E-state index is 10.7. The fraction of sp³-hybridized carbons (Fsp3) is 0.545. The molecule has 5 heteroatoms. The molecule has 0 saturated carbocycles. The zero-order valence-corrected chi connectivity index (χ0v) is 10.6. The van der Waals surface area contributed by atoms with Crippen molar-refractivity contribution in [2.45, 2.75) is 39.5 Å². The minimum atomic E-state index is -0.892. The van der Waals surface area contributed by atoms with Crippen LogP contribution in [0.5, 0.6) is 5.88 Å². The number of carbonyl (C=O) groups is 1. The molecule has 1 heterocycles. The summed E-state index contributed by atoms with van der Waals surface area (Å²) in [4.78, 5) is 19.2. The van der Waals surface area contributed by atoms with Gasteiger partial charge in [0.15, 0.2) is 0 Å². The second-order valence-corrected chi connectivity index (χ2v) is 4.44. The van der Waals surface area contributed by atoms with Crippen LogP contribution in [-0.4, -0.2) is 15.4 Å². The first-order valence-corrected chi connectivity index (χ1v) is 5.53. The molecule has 0 aliphatic rings. The van der Waals surface area contributed by atoms with Gasteiger partial charge in [-0.15, -0.1) is 0 Å². The normalized spacial score (nSPS) is 10.9. The van der Waals surface area contributed by atoms with Crippen molar-refractivity contribution in [3.63, 3.8) is 0 Å². The Hall–Kier alpha value is -1.16. The van der Waals surface area contributed by atoms with Crippen LogP contribution in [0.4, 0.5) is 4.79 Å². The summed E-state index contributed by atoms with van der Waals surface area (Å²) in [5, 5.41) is 0. The molecule has 16 heavy (non-hydrogen) atoms. The van der Waals surface area contributed by atoms with Crippen LogP contribution in [0.15, 0.2) is 6.20 Å². The number of aromatic nitrogens is 2. The maximum Gasteiger partial charge on any atom is 0.410 e. The summed E-state index contributed by atoms with van der Waals surface area (Å²) in [6, 6.07) is 0. The van der Waals surface area contributed by atoms with Crippen LogP contribution >= 0.6 is 11.6 Å². The summed E-state index contributed by atoms with van der Waals surface area (Å²) in [5.41, 5.74) is 0.521. The third kappa shape index (κ3) is 3.17. The van der Waals surface area contributed by atoms with E-state index in [1.165, 1.54) is 0 Å². The highest BCUT2D eigenvalue weighted by atomic mass is 35.5. The van der Waals surface area contributed by atoms with Crippen LogP contribution in [0.2, 0.25) is 0 Å². The van der Waals surface area contributed by atoms with E-state index in [0.717, 1.165) is 5.69 Å². The molecule has 88 valence electrons. The number of hydrogen-bond donors (Lipinski definition) is 0. The predicted molar refractivity (Wildman–Crippen MR) is 62.1 cm³/mol. The van der Waals surface area contributed by atoms with Gasteiger partial charge in [0.25, 0.3) is 0 Å². The molecule has 1 aromatic heterocycles. The van der Waals surface area contributed by atoms with E-state index < -0.39 is 5.43 Å². The highest BCUT2D eigenvalue weighted by Crippen LogP contribution is 2.24. The lowest BCUT2D eigenvalue weighted by Crippen LogP contribution is -2.08. The number of halogens is 1. The molecule has 1 rings (SSSR count). The molecular weight excluding hydrogens is 228 g/mol. The van der Waals surface area contributed by atoms with Crippen LogP contribution in [0.25, 0.3) is 0 Å². The summed E-state index contributed by atoms with van der Waals surface area (Å²) in [7, 11) is 0. The smallest absolute Gasteiger partial charge is 0.393 e. The van der Waals surface area contributed by atoms with Gasteiger partial charge in [-0.05, 0) is 5.92 Å². The number of nitrogens with zero attached hydrogens (tertiary/aromatic N) is 2. The second-order valence-electron chi connectivity index (χ2n) is 4.13. The fourth-order valence-corrected chi connectivity index (χ4v) is 1.29. The minimum absolute atomic E-state index is 0.125. The van der Waals surface area contributed by atoms with Crippen molar-refractivity contribution in [2.24, 2.45) is 0 Å². The molecule has 0 atom stereocenters. The summed E-state index contributed by atoms with van der Waals surface area (Å²) in [6.45, 7) is 7.88. The van der Waals surface area contributed by atoms with Gasteiger partial charge in [-0.3, -0.25) is 4.98 Å². The van der Waals surface area contributed by atoms with Gasteiger partial charge < -0.3 is 4.74 Å². The van der Waals surface area contributed by atoms with Gasteiger partial charge in [0.1, 0.15) is 5.69 Å². The van der Waals surface area contributed by atoms with Crippen LogP contribution < -0.4 is 4.74 Å². The average molecular weight is 243 g/mol. The van der Waals surface area contributed by atoms with E-state index in [1.807, 2.05) is 27.7 Å². The molecule has 0 spiro atoms. The molecular formula is C11H15ClN2O2. The lowest BCUT2D eigenvalue weighted by Gasteiger charge is -2.12. The maximum atomic E-state index is 10.7. The van der Waals surface area contributed by atoms with Gasteiger partial charge in [-0.2, -0.15) is 0 Å². The Morgan fingerprint density at radius 3 is 2.38 bits per heavy atom. The summed E-state index contributed by atoms with van der Waals surface area (Å²) in [6.07, 6.45) is 1.70. The van der Waals surface area contributed by atoms with Crippen LogP contribution in [0, 0.1) is 0 Å². The molecule has 1 aromatic rings. The SMILES string of the molecule is CC(C)c1cnc(C(C)C)c(OC(=O)Cl)n1. The molecule has 0 N–H and O–H groups in total. The van der Waals surface area contributed by atoms with E-state index in [9.17, 15) is 4.79 Å². The van der Waals surface area contributed by atoms with Crippen molar-refractivity contribution < 1.29 is 9.53 Å². The number of rotatable bonds is 3. The Bertz CT molecular complexity index is 392. The first-order valence-electron chi connectivity index (χ1n) is 5.16. The van der Waals surface area contributed by atoms with Crippen molar-refractivity contribution in [1.82, 2.24) is 9.97 Å². The van der Waals surface area contributed by atoms with Crippen molar-refractivity contribution >= 4 is 17.0 Å².